The summed E-state index contributed by atoms with van der Waals surface area (Å²) in [5.41, 5.74) is 4.12. The molecule has 0 saturated carbocycles. The van der Waals surface area contributed by atoms with Gasteiger partial charge in [-0.05, 0) is 68.0 Å². The van der Waals surface area contributed by atoms with Crippen LogP contribution in [0.3, 0.4) is 0 Å². The van der Waals surface area contributed by atoms with E-state index in [4.69, 9.17) is 11.6 Å². The summed E-state index contributed by atoms with van der Waals surface area (Å²) in [6.07, 6.45) is 2.60. The Labute approximate surface area is 255 Å². The second-order valence-electron chi connectivity index (χ2n) is 10.8. The number of amides is 2. The van der Waals surface area contributed by atoms with E-state index in [1.807, 2.05) is 88.4 Å². The van der Waals surface area contributed by atoms with Crippen molar-refractivity contribution >= 4 is 39.1 Å². The molecule has 0 aromatic heterocycles. The van der Waals surface area contributed by atoms with Crippen LogP contribution in [-0.2, 0) is 32.6 Å². The first-order valence-corrected chi connectivity index (χ1v) is 16.6. The zero-order chi connectivity index (χ0) is 30.9. The van der Waals surface area contributed by atoms with Crippen molar-refractivity contribution in [1.29, 1.82) is 0 Å². The van der Waals surface area contributed by atoms with Gasteiger partial charge in [-0.15, -0.1) is 0 Å². The Morgan fingerprint density at radius 1 is 0.952 bits per heavy atom. The number of aryl methyl sites for hydroxylation is 1. The van der Waals surface area contributed by atoms with Gasteiger partial charge in [0.1, 0.15) is 6.04 Å². The molecule has 0 unspecified atom stereocenters. The van der Waals surface area contributed by atoms with Crippen LogP contribution in [0.2, 0.25) is 5.02 Å². The highest BCUT2D eigenvalue weighted by atomic mass is 35.5. The van der Waals surface area contributed by atoms with Crippen molar-refractivity contribution in [3.63, 3.8) is 0 Å². The molecule has 1 N–H and O–H groups in total. The van der Waals surface area contributed by atoms with Gasteiger partial charge in [-0.25, -0.2) is 8.42 Å². The zero-order valence-corrected chi connectivity index (χ0v) is 26.7. The normalized spacial score (nSPS) is 12.8. The van der Waals surface area contributed by atoms with E-state index in [9.17, 15) is 18.0 Å². The van der Waals surface area contributed by atoms with Gasteiger partial charge in [-0.2, -0.15) is 0 Å². The van der Waals surface area contributed by atoms with Crippen molar-refractivity contribution in [2.24, 2.45) is 0 Å². The Bertz CT molecular complexity index is 1460. The molecule has 3 aromatic carbocycles. The molecule has 0 saturated heterocycles. The fraction of sp³-hybridized carbons (Fsp3) is 0.394. The Morgan fingerprint density at radius 2 is 1.62 bits per heavy atom. The zero-order valence-electron chi connectivity index (χ0n) is 25.1. The third kappa shape index (κ3) is 9.07. The van der Waals surface area contributed by atoms with Crippen molar-refractivity contribution in [1.82, 2.24) is 10.2 Å². The number of nitrogens with zero attached hydrogens (tertiary/aromatic N) is 2. The van der Waals surface area contributed by atoms with E-state index in [0.717, 1.165) is 28.7 Å². The fourth-order valence-electron chi connectivity index (χ4n) is 4.79. The number of anilines is 1. The third-order valence-electron chi connectivity index (χ3n) is 7.57. The monoisotopic (exact) mass is 611 g/mol. The summed E-state index contributed by atoms with van der Waals surface area (Å²) < 4.78 is 26.9. The maximum Gasteiger partial charge on any atom is 0.243 e. The Balaban J connectivity index is 1.92. The molecule has 42 heavy (non-hydrogen) atoms. The highest BCUT2D eigenvalue weighted by Gasteiger charge is 2.31. The molecule has 7 nitrogen and oxygen atoms in total. The van der Waals surface area contributed by atoms with Crippen LogP contribution in [0.15, 0.2) is 72.8 Å². The number of nitrogens with one attached hydrogen (secondary N) is 1. The summed E-state index contributed by atoms with van der Waals surface area (Å²) in [5, 5.41) is 3.57. The maximum atomic E-state index is 14.0. The predicted molar refractivity (Wildman–Crippen MR) is 171 cm³/mol. The molecular formula is C33H42ClN3O4S. The molecule has 0 spiro atoms. The van der Waals surface area contributed by atoms with Crippen LogP contribution in [-0.4, -0.2) is 50.0 Å². The topological polar surface area (TPSA) is 86.8 Å². The lowest BCUT2D eigenvalue weighted by Crippen LogP contribution is -2.52. The van der Waals surface area contributed by atoms with Crippen LogP contribution in [0.25, 0.3) is 0 Å². The molecule has 0 heterocycles. The van der Waals surface area contributed by atoms with Crippen LogP contribution < -0.4 is 9.62 Å². The molecule has 3 rings (SSSR count). The third-order valence-corrected chi connectivity index (χ3v) is 9.12. The van der Waals surface area contributed by atoms with Gasteiger partial charge in [0.15, 0.2) is 0 Å². The lowest BCUT2D eigenvalue weighted by atomic mass is 10.0. The van der Waals surface area contributed by atoms with Crippen LogP contribution in [0, 0.1) is 13.8 Å². The smallest absolute Gasteiger partial charge is 0.243 e. The van der Waals surface area contributed by atoms with Gasteiger partial charge in [0.05, 0.1) is 11.9 Å². The summed E-state index contributed by atoms with van der Waals surface area (Å²) in [6.45, 7) is 8.04. The molecule has 0 aliphatic heterocycles. The number of rotatable bonds is 14. The summed E-state index contributed by atoms with van der Waals surface area (Å²) in [4.78, 5) is 29.2. The second-order valence-corrected chi connectivity index (χ2v) is 13.1. The van der Waals surface area contributed by atoms with Gasteiger partial charge in [0.25, 0.3) is 0 Å². The standard InChI is InChI=1S/C33H42ClN3O4S/c1-6-25(3)35-33(39)31(22-27-15-8-7-9-16-27)36(23-28-17-10-11-18-29(28)34)32(38)20-13-21-37(42(5,40)41)30-19-12-14-24(2)26(30)4/h7-12,14-19,25,31H,6,13,20-23H2,1-5H3,(H,35,39)/t25-,31+/m1/s1. The number of hydrogen-bond donors (Lipinski definition) is 1. The van der Waals surface area contributed by atoms with Gasteiger partial charge in [-0.3, -0.25) is 13.9 Å². The van der Waals surface area contributed by atoms with Crippen molar-refractivity contribution in [3.05, 3.63) is 100 Å². The highest BCUT2D eigenvalue weighted by Crippen LogP contribution is 2.26. The van der Waals surface area contributed by atoms with Gasteiger partial charge >= 0.3 is 0 Å². The Kier molecular flexibility index (Phi) is 12.0. The van der Waals surface area contributed by atoms with Crippen molar-refractivity contribution in [3.8, 4) is 0 Å². The number of halogens is 1. The van der Waals surface area contributed by atoms with Gasteiger partial charge in [0, 0.05) is 37.0 Å². The van der Waals surface area contributed by atoms with Crippen molar-refractivity contribution in [2.45, 2.75) is 72.0 Å². The summed E-state index contributed by atoms with van der Waals surface area (Å²) in [5.74, 6) is -0.480. The van der Waals surface area contributed by atoms with E-state index in [2.05, 4.69) is 5.32 Å². The van der Waals surface area contributed by atoms with E-state index in [-0.39, 0.29) is 43.8 Å². The van der Waals surface area contributed by atoms with E-state index in [1.54, 1.807) is 17.0 Å². The first kappa shape index (κ1) is 33.1. The average Bonchev–Trinajstić information content (AvgIpc) is 2.95. The molecule has 2 atom stereocenters. The number of benzene rings is 3. The molecule has 0 fully saturated rings. The summed E-state index contributed by atoms with van der Waals surface area (Å²) in [7, 11) is -3.59. The lowest BCUT2D eigenvalue weighted by Gasteiger charge is -2.33. The largest absolute Gasteiger partial charge is 0.352 e. The average molecular weight is 612 g/mol. The molecular weight excluding hydrogens is 570 g/mol. The Hall–Kier alpha value is -3.36. The second kappa shape index (κ2) is 15.2. The van der Waals surface area contributed by atoms with Crippen LogP contribution in [0.5, 0.6) is 0 Å². The minimum Gasteiger partial charge on any atom is -0.352 e. The number of sulfonamides is 1. The van der Waals surface area contributed by atoms with Crippen LogP contribution >= 0.6 is 11.6 Å². The predicted octanol–water partition coefficient (Wildman–Crippen LogP) is 6.06. The van der Waals surface area contributed by atoms with E-state index < -0.39 is 16.1 Å². The fourth-order valence-corrected chi connectivity index (χ4v) is 6.00. The molecule has 3 aromatic rings. The first-order valence-electron chi connectivity index (χ1n) is 14.3. The van der Waals surface area contributed by atoms with Crippen LogP contribution in [0.4, 0.5) is 5.69 Å². The molecule has 2 amide bonds. The molecule has 0 radical (unpaired) electrons. The summed E-state index contributed by atoms with van der Waals surface area (Å²) >= 11 is 6.50. The van der Waals surface area contributed by atoms with Crippen molar-refractivity contribution in [2.75, 3.05) is 17.1 Å². The highest BCUT2D eigenvalue weighted by molar-refractivity contribution is 7.92. The van der Waals surface area contributed by atoms with Gasteiger partial charge < -0.3 is 10.2 Å². The van der Waals surface area contributed by atoms with Crippen LogP contribution in [0.1, 0.15) is 55.4 Å². The first-order chi connectivity index (χ1) is 19.9. The molecule has 0 aliphatic rings. The Morgan fingerprint density at radius 3 is 2.26 bits per heavy atom. The quantitative estimate of drug-likeness (QED) is 0.240. The van der Waals surface area contributed by atoms with E-state index in [1.165, 1.54) is 10.6 Å². The minimum absolute atomic E-state index is 0.0588. The number of carbonyl (C=O) groups excluding carboxylic acids is 2. The SMILES string of the molecule is CC[C@@H](C)NC(=O)[C@H](Cc1ccccc1)N(Cc1ccccc1Cl)C(=O)CCCN(c1cccc(C)c1C)S(C)(=O)=O. The maximum absolute atomic E-state index is 14.0. The van der Waals surface area contributed by atoms with Gasteiger partial charge in [0.2, 0.25) is 21.8 Å². The number of carbonyl (C=O) groups is 2. The molecule has 0 aliphatic carbocycles. The summed E-state index contributed by atoms with van der Waals surface area (Å²) in [6, 6.07) is 21.6. The van der Waals surface area contributed by atoms with Gasteiger partial charge in [-0.1, -0.05) is 79.2 Å². The van der Waals surface area contributed by atoms with Crippen molar-refractivity contribution < 1.29 is 18.0 Å². The van der Waals surface area contributed by atoms with E-state index in [0.29, 0.717) is 17.1 Å². The lowest BCUT2D eigenvalue weighted by molar-refractivity contribution is -0.141. The molecule has 226 valence electrons. The molecule has 9 heteroatoms. The minimum atomic E-state index is -3.59. The number of hydrogen-bond acceptors (Lipinski definition) is 4. The molecule has 0 bridgehead atoms. The van der Waals surface area contributed by atoms with E-state index >= 15 is 0 Å².